The van der Waals surface area contributed by atoms with Gasteiger partial charge in [0, 0.05) is 9.35 Å². The minimum atomic E-state index is 0.645. The Kier molecular flexibility index (Phi) is 3.41. The van der Waals surface area contributed by atoms with E-state index in [4.69, 9.17) is 5.21 Å². The number of oxime groups is 1. The van der Waals surface area contributed by atoms with Crippen LogP contribution in [0.5, 0.6) is 0 Å². The van der Waals surface area contributed by atoms with Crippen LogP contribution in [0.1, 0.15) is 11.8 Å². The molecule has 16 heavy (non-hydrogen) atoms. The fraction of sp³-hybridized carbons (Fsp3) is 0.0833. The third-order valence-corrected chi connectivity index (χ3v) is 3.96. The lowest BCUT2D eigenvalue weighted by Gasteiger charge is -1.97. The summed E-state index contributed by atoms with van der Waals surface area (Å²) in [6.45, 7) is 1.79. The summed E-state index contributed by atoms with van der Waals surface area (Å²) in [6, 6.07) is 12.1. The van der Waals surface area contributed by atoms with Crippen LogP contribution in [-0.2, 0) is 0 Å². The van der Waals surface area contributed by atoms with E-state index < -0.39 is 0 Å². The SMILES string of the molecule is CC(=NO)c1ccc(-c2cccc(Br)c2)s1. The van der Waals surface area contributed by atoms with Crippen LogP contribution in [0, 0.1) is 0 Å². The van der Waals surface area contributed by atoms with Crippen molar-refractivity contribution >= 4 is 33.0 Å². The zero-order valence-corrected chi connectivity index (χ0v) is 11.0. The Morgan fingerprint density at radius 2 is 2.12 bits per heavy atom. The highest BCUT2D eigenvalue weighted by Gasteiger charge is 2.05. The van der Waals surface area contributed by atoms with E-state index in [0.29, 0.717) is 5.71 Å². The molecule has 1 N–H and O–H groups in total. The Labute approximate surface area is 106 Å². The topological polar surface area (TPSA) is 32.6 Å². The van der Waals surface area contributed by atoms with Crippen molar-refractivity contribution in [3.05, 3.63) is 45.7 Å². The van der Waals surface area contributed by atoms with Crippen LogP contribution < -0.4 is 0 Å². The first-order valence-corrected chi connectivity index (χ1v) is 6.36. The van der Waals surface area contributed by atoms with E-state index in [1.54, 1.807) is 18.3 Å². The van der Waals surface area contributed by atoms with E-state index in [1.165, 1.54) is 4.88 Å². The number of hydrogen-bond donors (Lipinski definition) is 1. The molecule has 1 aromatic heterocycles. The molecule has 1 aromatic carbocycles. The van der Waals surface area contributed by atoms with Gasteiger partial charge in [0.25, 0.3) is 0 Å². The Morgan fingerprint density at radius 1 is 1.31 bits per heavy atom. The Balaban J connectivity index is 2.39. The normalized spacial score (nSPS) is 11.8. The zero-order chi connectivity index (χ0) is 11.5. The molecule has 2 nitrogen and oxygen atoms in total. The lowest BCUT2D eigenvalue weighted by atomic mass is 10.2. The summed E-state index contributed by atoms with van der Waals surface area (Å²) < 4.78 is 1.06. The van der Waals surface area contributed by atoms with Gasteiger partial charge in [-0.2, -0.15) is 0 Å². The molecule has 1 heterocycles. The van der Waals surface area contributed by atoms with Gasteiger partial charge in [0.1, 0.15) is 0 Å². The van der Waals surface area contributed by atoms with Crippen LogP contribution in [0.15, 0.2) is 46.0 Å². The lowest BCUT2D eigenvalue weighted by Crippen LogP contribution is -1.87. The summed E-state index contributed by atoms with van der Waals surface area (Å²) in [6.07, 6.45) is 0. The number of benzene rings is 1. The molecular weight excluding hydrogens is 286 g/mol. The molecular formula is C12H10BrNOS. The quantitative estimate of drug-likeness (QED) is 0.498. The molecule has 4 heteroatoms. The second-order valence-electron chi connectivity index (χ2n) is 3.36. The van der Waals surface area contributed by atoms with Crippen molar-refractivity contribution in [3.63, 3.8) is 0 Å². The largest absolute Gasteiger partial charge is 0.411 e. The predicted octanol–water partition coefficient (Wildman–Crippen LogP) is 4.38. The maximum absolute atomic E-state index is 8.70. The average molecular weight is 296 g/mol. The van der Waals surface area contributed by atoms with Crippen LogP contribution in [0.3, 0.4) is 0 Å². The summed E-state index contributed by atoms with van der Waals surface area (Å²) in [5.41, 5.74) is 1.81. The molecule has 0 radical (unpaired) electrons. The van der Waals surface area contributed by atoms with E-state index in [2.05, 4.69) is 33.2 Å². The second-order valence-corrected chi connectivity index (χ2v) is 5.36. The first-order chi connectivity index (χ1) is 7.70. The van der Waals surface area contributed by atoms with Gasteiger partial charge in [-0.15, -0.1) is 11.3 Å². The number of nitrogens with zero attached hydrogens (tertiary/aromatic N) is 1. The second kappa shape index (κ2) is 4.80. The van der Waals surface area contributed by atoms with Crippen molar-refractivity contribution in [3.8, 4) is 10.4 Å². The van der Waals surface area contributed by atoms with Gasteiger partial charge in [-0.3, -0.25) is 0 Å². The molecule has 2 rings (SSSR count). The molecule has 0 amide bonds. The Morgan fingerprint density at radius 3 is 2.81 bits per heavy atom. The van der Waals surface area contributed by atoms with Gasteiger partial charge in [-0.1, -0.05) is 33.2 Å². The summed E-state index contributed by atoms with van der Waals surface area (Å²) >= 11 is 5.07. The average Bonchev–Trinajstić information content (AvgIpc) is 2.77. The predicted molar refractivity (Wildman–Crippen MR) is 71.5 cm³/mol. The molecule has 0 atom stereocenters. The van der Waals surface area contributed by atoms with Gasteiger partial charge in [0.2, 0.25) is 0 Å². The van der Waals surface area contributed by atoms with Crippen molar-refractivity contribution in [1.29, 1.82) is 0 Å². The minimum Gasteiger partial charge on any atom is -0.411 e. The Hall–Kier alpha value is -1.13. The van der Waals surface area contributed by atoms with Crippen LogP contribution in [0.25, 0.3) is 10.4 Å². The van der Waals surface area contributed by atoms with Gasteiger partial charge in [-0.05, 0) is 36.8 Å². The molecule has 0 unspecified atom stereocenters. The van der Waals surface area contributed by atoms with Gasteiger partial charge in [-0.25, -0.2) is 0 Å². The van der Waals surface area contributed by atoms with Crippen LogP contribution in [-0.4, -0.2) is 10.9 Å². The molecule has 82 valence electrons. The molecule has 0 saturated carbocycles. The minimum absolute atomic E-state index is 0.645. The third kappa shape index (κ3) is 2.33. The number of thiophene rings is 1. The van der Waals surface area contributed by atoms with Crippen molar-refractivity contribution in [1.82, 2.24) is 0 Å². The summed E-state index contributed by atoms with van der Waals surface area (Å²) in [4.78, 5) is 2.15. The van der Waals surface area contributed by atoms with Crippen molar-refractivity contribution in [2.45, 2.75) is 6.92 Å². The molecule has 0 aliphatic carbocycles. The van der Waals surface area contributed by atoms with Crippen molar-refractivity contribution in [2.24, 2.45) is 5.16 Å². The molecule has 0 fully saturated rings. The van der Waals surface area contributed by atoms with E-state index in [1.807, 2.05) is 24.3 Å². The van der Waals surface area contributed by atoms with Gasteiger partial charge in [0.05, 0.1) is 10.6 Å². The summed E-state index contributed by atoms with van der Waals surface area (Å²) in [5, 5.41) is 11.9. The van der Waals surface area contributed by atoms with Gasteiger partial charge < -0.3 is 5.21 Å². The highest BCUT2D eigenvalue weighted by atomic mass is 79.9. The van der Waals surface area contributed by atoms with E-state index >= 15 is 0 Å². The monoisotopic (exact) mass is 295 g/mol. The van der Waals surface area contributed by atoms with Crippen LogP contribution in [0.2, 0.25) is 0 Å². The molecule has 0 aliphatic rings. The lowest BCUT2D eigenvalue weighted by molar-refractivity contribution is 0.319. The van der Waals surface area contributed by atoms with E-state index in [0.717, 1.165) is 14.9 Å². The molecule has 2 aromatic rings. The highest BCUT2D eigenvalue weighted by Crippen LogP contribution is 2.30. The number of rotatable bonds is 2. The first-order valence-electron chi connectivity index (χ1n) is 4.75. The Bertz CT molecular complexity index is 533. The fourth-order valence-corrected chi connectivity index (χ4v) is 2.72. The highest BCUT2D eigenvalue weighted by molar-refractivity contribution is 9.10. The molecule has 0 aliphatic heterocycles. The van der Waals surface area contributed by atoms with E-state index in [-0.39, 0.29) is 0 Å². The smallest absolute Gasteiger partial charge is 0.0936 e. The van der Waals surface area contributed by atoms with Gasteiger partial charge in [0.15, 0.2) is 0 Å². The van der Waals surface area contributed by atoms with Crippen molar-refractivity contribution in [2.75, 3.05) is 0 Å². The van der Waals surface area contributed by atoms with Gasteiger partial charge >= 0.3 is 0 Å². The first kappa shape index (κ1) is 11.4. The molecule has 0 spiro atoms. The van der Waals surface area contributed by atoms with Crippen molar-refractivity contribution < 1.29 is 5.21 Å². The zero-order valence-electron chi connectivity index (χ0n) is 8.64. The standard InChI is InChI=1S/C12H10BrNOS/c1-8(14-15)11-5-6-12(16-11)9-3-2-4-10(13)7-9/h2-7,15H,1H3. The number of hydrogen-bond acceptors (Lipinski definition) is 3. The fourth-order valence-electron chi connectivity index (χ4n) is 1.38. The maximum Gasteiger partial charge on any atom is 0.0936 e. The van der Waals surface area contributed by atoms with Crippen LogP contribution in [0.4, 0.5) is 0 Å². The van der Waals surface area contributed by atoms with E-state index in [9.17, 15) is 0 Å². The summed E-state index contributed by atoms with van der Waals surface area (Å²) in [7, 11) is 0. The third-order valence-electron chi connectivity index (χ3n) is 2.22. The molecule has 0 bridgehead atoms. The summed E-state index contributed by atoms with van der Waals surface area (Å²) in [5.74, 6) is 0. The molecule has 0 saturated heterocycles. The van der Waals surface area contributed by atoms with Crippen LogP contribution >= 0.6 is 27.3 Å². The number of halogens is 1. The maximum atomic E-state index is 8.70.